The number of aromatic nitrogens is 6. The van der Waals surface area contributed by atoms with E-state index in [-0.39, 0.29) is 0 Å². The van der Waals surface area contributed by atoms with Crippen molar-refractivity contribution in [3.8, 4) is 0 Å². The Labute approximate surface area is 139 Å². The van der Waals surface area contributed by atoms with E-state index in [4.69, 9.17) is 0 Å². The number of nitrogens with one attached hydrogen (secondary N) is 1. The topological polar surface area (TPSA) is 72.9 Å². The predicted molar refractivity (Wildman–Crippen MR) is 90.6 cm³/mol. The molecule has 0 aliphatic heterocycles. The van der Waals surface area contributed by atoms with Crippen molar-refractivity contribution in [3.63, 3.8) is 0 Å². The third-order valence-corrected chi connectivity index (χ3v) is 3.87. The van der Waals surface area contributed by atoms with Gasteiger partial charge in [0.15, 0.2) is 0 Å². The first-order chi connectivity index (χ1) is 11.8. The summed E-state index contributed by atoms with van der Waals surface area (Å²) >= 11 is 0. The largest absolute Gasteiger partial charge is 0.378 e. The van der Waals surface area contributed by atoms with Crippen LogP contribution in [0.1, 0.15) is 16.8 Å². The van der Waals surface area contributed by atoms with Gasteiger partial charge in [-0.1, -0.05) is 24.3 Å². The van der Waals surface area contributed by atoms with Crippen LogP contribution in [0.15, 0.2) is 55.1 Å². The molecule has 7 nitrogen and oxygen atoms in total. The lowest BCUT2D eigenvalue weighted by atomic mass is 10.1. The number of aryl methyl sites for hydroxylation is 1. The molecule has 3 aromatic heterocycles. The molecule has 1 aromatic carbocycles. The summed E-state index contributed by atoms with van der Waals surface area (Å²) < 4.78 is 3.61. The molecule has 0 spiro atoms. The van der Waals surface area contributed by atoms with Crippen LogP contribution in [-0.2, 0) is 13.1 Å². The normalized spacial score (nSPS) is 11.0. The van der Waals surface area contributed by atoms with Crippen LogP contribution in [0.2, 0.25) is 0 Å². The molecule has 3 heterocycles. The van der Waals surface area contributed by atoms with Gasteiger partial charge in [0.2, 0.25) is 5.65 Å². The smallest absolute Gasteiger partial charge is 0.200 e. The van der Waals surface area contributed by atoms with E-state index in [1.165, 1.54) is 11.1 Å². The van der Waals surface area contributed by atoms with Crippen LogP contribution in [0.3, 0.4) is 0 Å². The van der Waals surface area contributed by atoms with Gasteiger partial charge in [0.25, 0.3) is 0 Å². The summed E-state index contributed by atoms with van der Waals surface area (Å²) in [5.41, 5.74) is 5.02. The predicted octanol–water partition coefficient (Wildman–Crippen LogP) is 2.29. The van der Waals surface area contributed by atoms with Crippen LogP contribution in [0, 0.1) is 6.92 Å². The maximum atomic E-state index is 4.36. The van der Waals surface area contributed by atoms with Gasteiger partial charge in [-0.25, -0.2) is 0 Å². The standard InChI is InChI=1S/C17H17N7/c1-13-9-16(17-21-19-12-24(17)22-13)18-10-14-5-2-3-6-15(14)11-23-8-4-7-20-23/h2-9,12,18H,10-11H2,1H3. The molecule has 0 aliphatic rings. The zero-order valence-corrected chi connectivity index (χ0v) is 13.3. The van der Waals surface area contributed by atoms with Crippen LogP contribution in [-0.4, -0.2) is 29.6 Å². The van der Waals surface area contributed by atoms with Crippen molar-refractivity contribution in [3.05, 3.63) is 71.9 Å². The van der Waals surface area contributed by atoms with E-state index in [1.54, 1.807) is 17.0 Å². The van der Waals surface area contributed by atoms with Crippen molar-refractivity contribution >= 4 is 11.3 Å². The molecule has 0 saturated carbocycles. The summed E-state index contributed by atoms with van der Waals surface area (Å²) in [6.07, 6.45) is 5.37. The molecule has 120 valence electrons. The molecule has 0 unspecified atom stereocenters. The Morgan fingerprint density at radius 2 is 2.00 bits per heavy atom. The Bertz CT molecular complexity index is 956. The van der Waals surface area contributed by atoms with Crippen LogP contribution in [0.4, 0.5) is 5.69 Å². The number of hydrogen-bond donors (Lipinski definition) is 1. The van der Waals surface area contributed by atoms with Crippen molar-refractivity contribution in [2.24, 2.45) is 0 Å². The van der Waals surface area contributed by atoms with Gasteiger partial charge in [0.1, 0.15) is 6.33 Å². The van der Waals surface area contributed by atoms with Crippen molar-refractivity contribution in [1.29, 1.82) is 0 Å². The highest BCUT2D eigenvalue weighted by Crippen LogP contribution is 2.17. The van der Waals surface area contributed by atoms with E-state index < -0.39 is 0 Å². The minimum absolute atomic E-state index is 0.698. The van der Waals surface area contributed by atoms with Gasteiger partial charge in [-0.3, -0.25) is 4.68 Å². The molecular weight excluding hydrogens is 302 g/mol. The SMILES string of the molecule is Cc1cc(NCc2ccccc2Cn2cccn2)c2nncn2n1. The van der Waals surface area contributed by atoms with E-state index in [1.807, 2.05) is 36.0 Å². The third kappa shape index (κ3) is 2.83. The number of anilines is 1. The fraction of sp³-hybridized carbons (Fsp3) is 0.176. The highest BCUT2D eigenvalue weighted by Gasteiger charge is 2.08. The Morgan fingerprint density at radius 3 is 2.83 bits per heavy atom. The number of fused-ring (bicyclic) bond motifs is 1. The minimum atomic E-state index is 0.698. The lowest BCUT2D eigenvalue weighted by molar-refractivity contribution is 0.682. The first-order valence-corrected chi connectivity index (χ1v) is 7.75. The molecule has 24 heavy (non-hydrogen) atoms. The second-order valence-corrected chi connectivity index (χ2v) is 5.62. The molecule has 4 rings (SSSR count). The molecule has 0 fully saturated rings. The number of hydrogen-bond acceptors (Lipinski definition) is 5. The second kappa shape index (κ2) is 6.11. The maximum absolute atomic E-state index is 4.36. The monoisotopic (exact) mass is 319 g/mol. The molecular formula is C17H17N7. The van der Waals surface area contributed by atoms with Gasteiger partial charge in [-0.15, -0.1) is 10.2 Å². The summed E-state index contributed by atoms with van der Waals surface area (Å²) in [4.78, 5) is 0. The first-order valence-electron chi connectivity index (χ1n) is 7.75. The van der Waals surface area contributed by atoms with Gasteiger partial charge in [0, 0.05) is 18.9 Å². The van der Waals surface area contributed by atoms with Crippen molar-refractivity contribution in [1.82, 2.24) is 29.6 Å². The molecule has 1 N–H and O–H groups in total. The van der Waals surface area contributed by atoms with Crippen molar-refractivity contribution in [2.45, 2.75) is 20.0 Å². The Morgan fingerprint density at radius 1 is 1.12 bits per heavy atom. The zero-order chi connectivity index (χ0) is 16.4. The molecule has 4 aromatic rings. The molecule has 0 amide bonds. The molecule has 0 aliphatic carbocycles. The highest BCUT2D eigenvalue weighted by molar-refractivity contribution is 5.66. The summed E-state index contributed by atoms with van der Waals surface area (Å²) in [5, 5.41) is 20.2. The summed E-state index contributed by atoms with van der Waals surface area (Å²) in [6.45, 7) is 3.40. The van der Waals surface area contributed by atoms with Crippen molar-refractivity contribution < 1.29 is 0 Å². The van der Waals surface area contributed by atoms with Gasteiger partial charge in [-0.05, 0) is 30.2 Å². The Balaban J connectivity index is 1.58. The fourth-order valence-electron chi connectivity index (χ4n) is 2.73. The third-order valence-electron chi connectivity index (χ3n) is 3.87. The van der Waals surface area contributed by atoms with Gasteiger partial charge in [0.05, 0.1) is 17.9 Å². The van der Waals surface area contributed by atoms with E-state index >= 15 is 0 Å². The molecule has 7 heteroatoms. The minimum Gasteiger partial charge on any atom is -0.378 e. The van der Waals surface area contributed by atoms with Crippen LogP contribution in [0.5, 0.6) is 0 Å². The molecule has 0 radical (unpaired) electrons. The van der Waals surface area contributed by atoms with E-state index in [9.17, 15) is 0 Å². The van der Waals surface area contributed by atoms with Gasteiger partial charge in [-0.2, -0.15) is 14.7 Å². The van der Waals surface area contributed by atoms with Gasteiger partial charge < -0.3 is 5.32 Å². The average Bonchev–Trinajstić information content (AvgIpc) is 3.25. The number of nitrogens with zero attached hydrogens (tertiary/aromatic N) is 6. The number of benzene rings is 1. The number of rotatable bonds is 5. The summed E-state index contributed by atoms with van der Waals surface area (Å²) in [6, 6.07) is 12.3. The zero-order valence-electron chi connectivity index (χ0n) is 13.3. The van der Waals surface area contributed by atoms with Crippen molar-refractivity contribution in [2.75, 3.05) is 5.32 Å². The summed E-state index contributed by atoms with van der Waals surface area (Å²) in [7, 11) is 0. The highest BCUT2D eigenvalue weighted by atomic mass is 15.3. The van der Waals surface area contributed by atoms with Crippen LogP contribution < -0.4 is 5.32 Å². The van der Waals surface area contributed by atoms with Gasteiger partial charge >= 0.3 is 0 Å². The summed E-state index contributed by atoms with van der Waals surface area (Å²) in [5.74, 6) is 0. The second-order valence-electron chi connectivity index (χ2n) is 5.62. The maximum Gasteiger partial charge on any atom is 0.200 e. The molecule has 0 saturated heterocycles. The molecule has 0 atom stereocenters. The van der Waals surface area contributed by atoms with E-state index in [0.29, 0.717) is 6.54 Å². The fourth-order valence-corrected chi connectivity index (χ4v) is 2.73. The molecule has 0 bridgehead atoms. The first kappa shape index (κ1) is 14.4. The quantitative estimate of drug-likeness (QED) is 0.611. The lowest BCUT2D eigenvalue weighted by Gasteiger charge is -2.12. The Kier molecular flexibility index (Phi) is 3.66. The van der Waals surface area contributed by atoms with Crippen LogP contribution in [0.25, 0.3) is 5.65 Å². The van der Waals surface area contributed by atoms with E-state index in [2.05, 4.69) is 43.9 Å². The Hall–Kier alpha value is -3.22. The van der Waals surface area contributed by atoms with Crippen LogP contribution >= 0.6 is 0 Å². The lowest BCUT2D eigenvalue weighted by Crippen LogP contribution is -2.08. The average molecular weight is 319 g/mol. The van der Waals surface area contributed by atoms with E-state index in [0.717, 1.165) is 23.6 Å².